The summed E-state index contributed by atoms with van der Waals surface area (Å²) in [6.07, 6.45) is 4.19. The zero-order chi connectivity index (χ0) is 10.0. The van der Waals surface area contributed by atoms with E-state index in [0.717, 1.165) is 26.2 Å². The Balaban J connectivity index is 1.99. The number of hydrogen-bond donors (Lipinski definition) is 0. The highest BCUT2D eigenvalue weighted by Gasteiger charge is 2.48. The molecule has 2 atom stereocenters. The van der Waals surface area contributed by atoms with Crippen LogP contribution in [0.15, 0.2) is 0 Å². The van der Waals surface area contributed by atoms with Crippen molar-refractivity contribution < 1.29 is 9.47 Å². The minimum Gasteiger partial charge on any atom is -0.380 e. The van der Waals surface area contributed by atoms with Gasteiger partial charge in [-0.1, -0.05) is 0 Å². The lowest BCUT2D eigenvalue weighted by molar-refractivity contribution is 0.0399. The molecule has 2 aliphatic rings. The van der Waals surface area contributed by atoms with Gasteiger partial charge in [-0.2, -0.15) is 0 Å². The molecule has 14 heavy (non-hydrogen) atoms. The first kappa shape index (κ1) is 10.4. The van der Waals surface area contributed by atoms with Crippen LogP contribution in [0, 0.1) is 0 Å². The first-order valence-electron chi connectivity index (χ1n) is 5.66. The fourth-order valence-electron chi connectivity index (χ4n) is 2.92. The Bertz CT molecular complexity index is 198. The molecule has 2 saturated heterocycles. The van der Waals surface area contributed by atoms with Gasteiger partial charge in [-0.05, 0) is 32.7 Å². The second kappa shape index (κ2) is 4.17. The first-order valence-corrected chi connectivity index (χ1v) is 5.66. The fraction of sp³-hybridized carbons (Fsp3) is 1.00. The Hall–Kier alpha value is -0.120. The zero-order valence-electron chi connectivity index (χ0n) is 9.29. The van der Waals surface area contributed by atoms with Gasteiger partial charge in [-0.15, -0.1) is 0 Å². The predicted octanol–water partition coefficient (Wildman–Crippen LogP) is 1.28. The third-order valence-corrected chi connectivity index (χ3v) is 3.68. The summed E-state index contributed by atoms with van der Waals surface area (Å²) in [6, 6.07) is 0. The highest BCUT2D eigenvalue weighted by Crippen LogP contribution is 2.39. The summed E-state index contributed by atoms with van der Waals surface area (Å²) in [5.74, 6) is 0. The number of rotatable bonds is 4. The van der Waals surface area contributed by atoms with Gasteiger partial charge in [0.05, 0.1) is 12.7 Å². The van der Waals surface area contributed by atoms with Crippen molar-refractivity contribution in [3.05, 3.63) is 0 Å². The fourth-order valence-corrected chi connectivity index (χ4v) is 2.92. The summed E-state index contributed by atoms with van der Waals surface area (Å²) in [5.41, 5.74) is 0.316. The van der Waals surface area contributed by atoms with Crippen LogP contribution < -0.4 is 0 Å². The molecule has 0 bridgehead atoms. The molecule has 0 N–H and O–H groups in total. The zero-order valence-corrected chi connectivity index (χ0v) is 9.29. The maximum Gasteiger partial charge on any atom is 0.0716 e. The van der Waals surface area contributed by atoms with Gasteiger partial charge in [-0.25, -0.2) is 0 Å². The van der Waals surface area contributed by atoms with Crippen LogP contribution in [0.2, 0.25) is 0 Å². The molecule has 2 heterocycles. The third kappa shape index (κ3) is 1.69. The molecule has 0 aromatic carbocycles. The smallest absolute Gasteiger partial charge is 0.0716 e. The minimum absolute atomic E-state index is 0.316. The highest BCUT2D eigenvalue weighted by molar-refractivity contribution is 5.03. The van der Waals surface area contributed by atoms with Crippen LogP contribution in [0.5, 0.6) is 0 Å². The second-order valence-corrected chi connectivity index (χ2v) is 4.47. The van der Waals surface area contributed by atoms with Crippen LogP contribution in [0.25, 0.3) is 0 Å². The molecule has 0 aromatic heterocycles. The van der Waals surface area contributed by atoms with E-state index in [1.807, 2.05) is 7.11 Å². The van der Waals surface area contributed by atoms with E-state index in [-0.39, 0.29) is 0 Å². The lowest BCUT2D eigenvalue weighted by Gasteiger charge is -2.31. The molecular weight excluding hydrogens is 178 g/mol. The Kier molecular flexibility index (Phi) is 3.10. The summed E-state index contributed by atoms with van der Waals surface area (Å²) < 4.78 is 11.1. The monoisotopic (exact) mass is 199 g/mol. The third-order valence-electron chi connectivity index (χ3n) is 3.68. The van der Waals surface area contributed by atoms with Crippen molar-refractivity contribution in [1.82, 2.24) is 4.90 Å². The molecule has 0 aromatic rings. The lowest BCUT2D eigenvalue weighted by Crippen LogP contribution is -2.42. The number of hydrogen-bond acceptors (Lipinski definition) is 3. The lowest BCUT2D eigenvalue weighted by atomic mass is 9.94. The van der Waals surface area contributed by atoms with Gasteiger partial charge in [0.25, 0.3) is 0 Å². The maximum atomic E-state index is 5.62. The van der Waals surface area contributed by atoms with Crippen LogP contribution in [-0.4, -0.2) is 50.0 Å². The van der Waals surface area contributed by atoms with E-state index in [4.69, 9.17) is 9.47 Å². The topological polar surface area (TPSA) is 21.7 Å². The average Bonchev–Trinajstić information content (AvgIpc) is 2.70. The van der Waals surface area contributed by atoms with Crippen molar-refractivity contribution in [2.75, 3.05) is 33.4 Å². The van der Waals surface area contributed by atoms with Crippen molar-refractivity contribution in [2.45, 2.75) is 37.8 Å². The standard InChI is InChI=1S/C11H21NO2/c1-3-14-9-11-5-4-6-12(11)8-10(7-11)13-2/h10H,3-9H2,1-2H3/t10-,11+/m1/s1. The van der Waals surface area contributed by atoms with E-state index in [9.17, 15) is 0 Å². The predicted molar refractivity (Wildman–Crippen MR) is 55.4 cm³/mol. The maximum absolute atomic E-state index is 5.62. The quantitative estimate of drug-likeness (QED) is 0.680. The molecule has 0 saturated carbocycles. The Morgan fingerprint density at radius 2 is 2.36 bits per heavy atom. The molecular formula is C11H21NO2. The molecule has 3 nitrogen and oxygen atoms in total. The molecule has 2 rings (SSSR count). The van der Waals surface area contributed by atoms with Crippen molar-refractivity contribution in [2.24, 2.45) is 0 Å². The van der Waals surface area contributed by atoms with Gasteiger partial charge < -0.3 is 9.47 Å². The highest BCUT2D eigenvalue weighted by atomic mass is 16.5. The van der Waals surface area contributed by atoms with Crippen molar-refractivity contribution in [3.63, 3.8) is 0 Å². The van der Waals surface area contributed by atoms with Crippen LogP contribution in [-0.2, 0) is 9.47 Å². The van der Waals surface area contributed by atoms with Crippen LogP contribution in [0.1, 0.15) is 26.2 Å². The summed E-state index contributed by atoms with van der Waals surface area (Å²) >= 11 is 0. The van der Waals surface area contributed by atoms with Crippen molar-refractivity contribution in [3.8, 4) is 0 Å². The summed E-state index contributed by atoms with van der Waals surface area (Å²) in [5, 5.41) is 0. The van der Waals surface area contributed by atoms with E-state index < -0.39 is 0 Å². The van der Waals surface area contributed by atoms with E-state index in [0.29, 0.717) is 11.6 Å². The average molecular weight is 199 g/mol. The Morgan fingerprint density at radius 1 is 1.50 bits per heavy atom. The minimum atomic E-state index is 0.316. The number of nitrogens with zero attached hydrogens (tertiary/aromatic N) is 1. The Labute approximate surface area is 86.4 Å². The van der Waals surface area contributed by atoms with Gasteiger partial charge in [0.2, 0.25) is 0 Å². The van der Waals surface area contributed by atoms with E-state index in [1.165, 1.54) is 19.4 Å². The number of methoxy groups -OCH3 is 1. The van der Waals surface area contributed by atoms with Crippen molar-refractivity contribution >= 4 is 0 Å². The summed E-state index contributed by atoms with van der Waals surface area (Å²) in [4.78, 5) is 2.57. The van der Waals surface area contributed by atoms with Gasteiger partial charge in [0, 0.05) is 25.8 Å². The van der Waals surface area contributed by atoms with Gasteiger partial charge in [0.15, 0.2) is 0 Å². The number of ether oxygens (including phenoxy) is 2. The first-order chi connectivity index (χ1) is 6.80. The van der Waals surface area contributed by atoms with E-state index in [2.05, 4.69) is 11.8 Å². The number of fused-ring (bicyclic) bond motifs is 1. The summed E-state index contributed by atoms with van der Waals surface area (Å²) in [7, 11) is 1.82. The SMILES string of the molecule is CCOC[C@@]12CCCN1C[C@H](OC)C2. The molecule has 3 heteroatoms. The molecule has 0 spiro atoms. The van der Waals surface area contributed by atoms with E-state index in [1.54, 1.807) is 0 Å². The largest absolute Gasteiger partial charge is 0.380 e. The molecule has 0 amide bonds. The van der Waals surface area contributed by atoms with Crippen LogP contribution >= 0.6 is 0 Å². The van der Waals surface area contributed by atoms with Crippen LogP contribution in [0.3, 0.4) is 0 Å². The van der Waals surface area contributed by atoms with E-state index >= 15 is 0 Å². The molecule has 0 unspecified atom stereocenters. The van der Waals surface area contributed by atoms with Gasteiger partial charge >= 0.3 is 0 Å². The Morgan fingerprint density at radius 3 is 3.07 bits per heavy atom. The van der Waals surface area contributed by atoms with Crippen LogP contribution in [0.4, 0.5) is 0 Å². The molecule has 2 fully saturated rings. The molecule has 0 radical (unpaired) electrons. The van der Waals surface area contributed by atoms with Gasteiger partial charge in [-0.3, -0.25) is 4.90 Å². The molecule has 0 aliphatic carbocycles. The molecule has 2 aliphatic heterocycles. The summed E-state index contributed by atoms with van der Waals surface area (Å²) in [6.45, 7) is 6.12. The molecule has 82 valence electrons. The van der Waals surface area contributed by atoms with Crippen molar-refractivity contribution in [1.29, 1.82) is 0 Å². The van der Waals surface area contributed by atoms with Gasteiger partial charge in [0.1, 0.15) is 0 Å². The normalized spacial score (nSPS) is 37.7. The second-order valence-electron chi connectivity index (χ2n) is 4.47.